The number of hydrogen-bond donors (Lipinski definition) is 0. The molecule has 0 N–H and O–H groups in total. The first kappa shape index (κ1) is 23.1. The van der Waals surface area contributed by atoms with Gasteiger partial charge < -0.3 is 4.57 Å². The molecule has 0 saturated carbocycles. The zero-order valence-corrected chi connectivity index (χ0v) is 23.6. The van der Waals surface area contributed by atoms with Crippen LogP contribution < -0.4 is 5.56 Å². The summed E-state index contributed by atoms with van der Waals surface area (Å²) in [7, 11) is 0. The summed E-state index contributed by atoms with van der Waals surface area (Å²) in [5.41, 5.74) is 4.83. The van der Waals surface area contributed by atoms with Crippen molar-refractivity contribution in [2.45, 2.75) is 0 Å². The van der Waals surface area contributed by atoms with Crippen LogP contribution in [0, 0.1) is 0 Å². The minimum Gasteiger partial charge on any atom is -0.307 e. The lowest BCUT2D eigenvalue weighted by Gasteiger charge is -2.14. The molecule has 0 fully saturated rings. The van der Waals surface area contributed by atoms with Gasteiger partial charge in [0.2, 0.25) is 0 Å². The molecular formula is C38H21N3OS. The molecule has 0 atom stereocenters. The van der Waals surface area contributed by atoms with Crippen molar-refractivity contribution in [3.63, 3.8) is 0 Å². The Balaban J connectivity index is 1.39. The van der Waals surface area contributed by atoms with Gasteiger partial charge in [-0.15, -0.1) is 0 Å². The Morgan fingerprint density at radius 1 is 0.512 bits per heavy atom. The first-order valence-electron chi connectivity index (χ1n) is 14.4. The molecule has 200 valence electrons. The van der Waals surface area contributed by atoms with Crippen molar-refractivity contribution < 1.29 is 0 Å². The van der Waals surface area contributed by atoms with Crippen molar-refractivity contribution >= 4 is 91.5 Å². The highest BCUT2D eigenvalue weighted by atomic mass is 32.1. The summed E-state index contributed by atoms with van der Waals surface area (Å²) >= 11 is 1.56. The van der Waals surface area contributed by atoms with Gasteiger partial charge in [0.15, 0.2) is 4.96 Å². The number of fused-ring (bicyclic) bond motifs is 14. The van der Waals surface area contributed by atoms with Crippen LogP contribution in [-0.2, 0) is 0 Å². The molecule has 43 heavy (non-hydrogen) atoms. The molecule has 0 unspecified atom stereocenters. The number of aromatic nitrogens is 3. The fourth-order valence-electron chi connectivity index (χ4n) is 7.09. The summed E-state index contributed by atoms with van der Waals surface area (Å²) in [6, 6.07) is 44.7. The van der Waals surface area contributed by atoms with Crippen molar-refractivity contribution in [3.8, 4) is 5.69 Å². The topological polar surface area (TPSA) is 39.3 Å². The van der Waals surface area contributed by atoms with Gasteiger partial charge in [-0.25, -0.2) is 9.38 Å². The number of para-hydroxylation sites is 1. The van der Waals surface area contributed by atoms with Crippen LogP contribution in [0.5, 0.6) is 0 Å². The van der Waals surface area contributed by atoms with Gasteiger partial charge in [-0.2, -0.15) is 0 Å². The van der Waals surface area contributed by atoms with E-state index in [9.17, 15) is 4.79 Å². The number of benzene rings is 7. The Morgan fingerprint density at radius 2 is 1.09 bits per heavy atom. The van der Waals surface area contributed by atoms with E-state index < -0.39 is 0 Å². The predicted octanol–water partition coefficient (Wildman–Crippen LogP) is 9.62. The van der Waals surface area contributed by atoms with E-state index in [1.165, 1.54) is 32.3 Å². The zero-order valence-electron chi connectivity index (χ0n) is 22.8. The van der Waals surface area contributed by atoms with Crippen LogP contribution in [0.25, 0.3) is 85.9 Å². The molecule has 4 nitrogen and oxygen atoms in total. The average molecular weight is 568 g/mol. The molecule has 0 aliphatic heterocycles. The fraction of sp³-hybridized carbons (Fsp3) is 0. The summed E-state index contributed by atoms with van der Waals surface area (Å²) < 4.78 is 5.06. The highest BCUT2D eigenvalue weighted by Gasteiger charge is 2.20. The molecule has 0 bridgehead atoms. The smallest absolute Gasteiger partial charge is 0.266 e. The molecule has 3 heterocycles. The molecule has 0 amide bonds. The number of imidazole rings is 1. The third-order valence-electron chi connectivity index (χ3n) is 8.94. The summed E-state index contributed by atoms with van der Waals surface area (Å²) in [5, 5.41) is 10.5. The van der Waals surface area contributed by atoms with Crippen molar-refractivity contribution in [2.24, 2.45) is 0 Å². The van der Waals surface area contributed by atoms with E-state index in [4.69, 9.17) is 4.98 Å². The normalized spacial score (nSPS) is 12.3. The van der Waals surface area contributed by atoms with E-state index in [2.05, 4.69) is 108 Å². The van der Waals surface area contributed by atoms with E-state index >= 15 is 0 Å². The number of nitrogens with zero attached hydrogens (tertiary/aromatic N) is 3. The lowest BCUT2D eigenvalue weighted by molar-refractivity contribution is 1.19. The van der Waals surface area contributed by atoms with Gasteiger partial charge in [-0.1, -0.05) is 96.3 Å². The second kappa shape index (κ2) is 8.28. The fourth-order valence-corrected chi connectivity index (χ4v) is 8.11. The van der Waals surface area contributed by atoms with Crippen LogP contribution in [0.15, 0.2) is 132 Å². The van der Waals surface area contributed by atoms with Crippen molar-refractivity contribution in [1.29, 1.82) is 0 Å². The number of hydrogen-bond acceptors (Lipinski definition) is 3. The predicted molar refractivity (Wildman–Crippen MR) is 181 cm³/mol. The Morgan fingerprint density at radius 3 is 1.84 bits per heavy atom. The third kappa shape index (κ3) is 2.99. The lowest BCUT2D eigenvalue weighted by Crippen LogP contribution is -2.11. The molecule has 10 rings (SSSR count). The summed E-state index contributed by atoms with van der Waals surface area (Å²) in [4.78, 5) is 19.6. The van der Waals surface area contributed by atoms with E-state index in [1.807, 2.05) is 24.3 Å². The molecule has 10 aromatic rings. The molecule has 0 radical (unpaired) electrons. The third-order valence-corrected chi connectivity index (χ3v) is 9.97. The van der Waals surface area contributed by atoms with Crippen LogP contribution in [0.4, 0.5) is 0 Å². The van der Waals surface area contributed by atoms with E-state index in [-0.39, 0.29) is 5.56 Å². The summed E-state index contributed by atoms with van der Waals surface area (Å²) in [5.74, 6) is 0. The SMILES string of the molecule is O=c1c2ccccc2sc2nc3c4c(ccc3n12)c1ccccc1n4-c1ccc2c3ccccc3c3ccccc3c2c1. The van der Waals surface area contributed by atoms with Crippen LogP contribution >= 0.6 is 11.3 Å². The van der Waals surface area contributed by atoms with Crippen LogP contribution in [0.3, 0.4) is 0 Å². The number of rotatable bonds is 1. The van der Waals surface area contributed by atoms with Gasteiger partial charge in [0.1, 0.15) is 5.52 Å². The molecule has 7 aromatic carbocycles. The molecular weight excluding hydrogens is 547 g/mol. The van der Waals surface area contributed by atoms with Gasteiger partial charge in [-0.3, -0.25) is 4.79 Å². The van der Waals surface area contributed by atoms with Gasteiger partial charge in [0.25, 0.3) is 5.56 Å². The zero-order chi connectivity index (χ0) is 28.2. The van der Waals surface area contributed by atoms with Crippen molar-refractivity contribution in [1.82, 2.24) is 14.0 Å². The Labute approximate surface area is 248 Å². The summed E-state index contributed by atoms with van der Waals surface area (Å²) in [6.07, 6.45) is 0. The molecule has 0 aliphatic carbocycles. The highest BCUT2D eigenvalue weighted by molar-refractivity contribution is 7.23. The minimum atomic E-state index is -0.0297. The van der Waals surface area contributed by atoms with E-state index in [0.717, 1.165) is 43.2 Å². The minimum absolute atomic E-state index is 0.0297. The Hall–Kier alpha value is -5.52. The molecule has 3 aromatic heterocycles. The van der Waals surface area contributed by atoms with Gasteiger partial charge in [-0.05, 0) is 74.8 Å². The van der Waals surface area contributed by atoms with Gasteiger partial charge in [0, 0.05) is 21.2 Å². The average Bonchev–Trinajstić information content (AvgIpc) is 3.61. The summed E-state index contributed by atoms with van der Waals surface area (Å²) in [6.45, 7) is 0. The molecule has 0 spiro atoms. The molecule has 5 heteroatoms. The monoisotopic (exact) mass is 567 g/mol. The van der Waals surface area contributed by atoms with Crippen LogP contribution in [-0.4, -0.2) is 14.0 Å². The molecule has 0 saturated heterocycles. The molecule has 0 aliphatic rings. The first-order chi connectivity index (χ1) is 21.3. The van der Waals surface area contributed by atoms with Gasteiger partial charge >= 0.3 is 0 Å². The highest BCUT2D eigenvalue weighted by Crippen LogP contribution is 2.40. The second-order valence-corrected chi connectivity index (χ2v) is 12.1. The Kier molecular flexibility index (Phi) is 4.44. The second-order valence-electron chi connectivity index (χ2n) is 11.1. The van der Waals surface area contributed by atoms with Crippen LogP contribution in [0.1, 0.15) is 0 Å². The van der Waals surface area contributed by atoms with Gasteiger partial charge in [0.05, 0.1) is 21.9 Å². The standard InChI is InChI=1S/C38H21N3OS/c42-37-30-14-6-8-16-34(30)43-38-39-35-33(41(37)38)20-19-29-28-13-5-7-15-32(28)40(36(29)35)22-17-18-27-25-11-2-1-9-23(25)24-10-3-4-12-26(24)31(27)21-22/h1-21H. The van der Waals surface area contributed by atoms with Crippen LogP contribution in [0.2, 0.25) is 0 Å². The van der Waals surface area contributed by atoms with E-state index in [0.29, 0.717) is 10.3 Å². The maximum Gasteiger partial charge on any atom is 0.266 e. The van der Waals surface area contributed by atoms with Crippen molar-refractivity contribution in [2.75, 3.05) is 0 Å². The largest absolute Gasteiger partial charge is 0.307 e. The first-order valence-corrected chi connectivity index (χ1v) is 15.2. The quantitative estimate of drug-likeness (QED) is 0.185. The lowest BCUT2D eigenvalue weighted by atomic mass is 9.94. The Bertz CT molecular complexity index is 2840. The van der Waals surface area contributed by atoms with Crippen molar-refractivity contribution in [3.05, 3.63) is 138 Å². The maximum atomic E-state index is 13.7. The van der Waals surface area contributed by atoms with E-state index in [1.54, 1.807) is 15.7 Å². The maximum absolute atomic E-state index is 13.7.